The van der Waals surface area contributed by atoms with E-state index in [1.54, 1.807) is 0 Å². The van der Waals surface area contributed by atoms with Crippen molar-refractivity contribution in [1.29, 1.82) is 0 Å². The fourth-order valence-corrected chi connectivity index (χ4v) is 0.158. The molecule has 0 fully saturated rings. The van der Waals surface area contributed by atoms with Gasteiger partial charge in [-0.1, -0.05) is 13.3 Å². The topological polar surface area (TPSA) is 74.6 Å². The molecule has 0 aromatic heterocycles. The Labute approximate surface area is 78.2 Å². The number of rotatable bonds is 2. The average molecular weight is 226 g/mol. The molecule has 0 aliphatic rings. The summed E-state index contributed by atoms with van der Waals surface area (Å²) in [7, 11) is -3.67. The van der Waals surface area contributed by atoms with Crippen LogP contribution in [0.5, 0.6) is 0 Å². The molecule has 6 heteroatoms. The Morgan fingerprint density at radius 3 is 1.64 bits per heavy atom. The van der Waals surface area contributed by atoms with Gasteiger partial charge in [-0.3, -0.25) is 4.55 Å². The molecule has 0 heterocycles. The van der Waals surface area contributed by atoms with Gasteiger partial charge in [0.1, 0.15) is 0 Å². The first-order chi connectivity index (χ1) is 4.41. The predicted molar refractivity (Wildman–Crippen MR) is 39.5 cm³/mol. The molecule has 2 N–H and O–H groups in total. The quantitative estimate of drug-likeness (QED) is 0.523. The van der Waals surface area contributed by atoms with Gasteiger partial charge in [-0.25, -0.2) is 0 Å². The second-order valence-electron chi connectivity index (χ2n) is 1.81. The standard InChI is InChI=1S/C4H10O.CH4O3S.Fe/c1-2-3-4-5;1-5(2,3)4;/h5H,2-4H2,1H3;1H3,(H,2,3,4);. The van der Waals surface area contributed by atoms with Gasteiger partial charge in [0.25, 0.3) is 10.1 Å². The van der Waals surface area contributed by atoms with Crippen molar-refractivity contribution in [2.45, 2.75) is 19.8 Å². The molecular weight excluding hydrogens is 212 g/mol. The van der Waals surface area contributed by atoms with Crippen LogP contribution in [0.1, 0.15) is 19.8 Å². The molecule has 0 rings (SSSR count). The summed E-state index contributed by atoms with van der Waals surface area (Å²) >= 11 is 0. The van der Waals surface area contributed by atoms with Crippen LogP contribution in [0.4, 0.5) is 0 Å². The SMILES string of the molecule is CCCCO.CS(=O)(=O)O.[Fe]. The molecule has 0 radical (unpaired) electrons. The maximum absolute atomic E-state index is 9.19. The smallest absolute Gasteiger partial charge is 0.261 e. The van der Waals surface area contributed by atoms with E-state index in [2.05, 4.69) is 6.92 Å². The van der Waals surface area contributed by atoms with Gasteiger partial charge in [-0.2, -0.15) is 8.42 Å². The molecule has 0 saturated heterocycles. The van der Waals surface area contributed by atoms with Crippen molar-refractivity contribution in [3.05, 3.63) is 0 Å². The molecule has 0 saturated carbocycles. The average Bonchev–Trinajstić information content (AvgIpc) is 1.63. The second kappa shape index (κ2) is 10.4. The Kier molecular flexibility index (Phi) is 16.5. The molecule has 72 valence electrons. The summed E-state index contributed by atoms with van der Waals surface area (Å²) in [6.07, 6.45) is 2.75. The number of aliphatic hydroxyl groups is 1. The molecule has 0 atom stereocenters. The zero-order valence-corrected chi connectivity index (χ0v) is 8.51. The Balaban J connectivity index is -0.000000107. The summed E-state index contributed by atoms with van der Waals surface area (Å²) in [6.45, 7) is 2.40. The zero-order valence-electron chi connectivity index (χ0n) is 6.59. The summed E-state index contributed by atoms with van der Waals surface area (Å²) in [5.41, 5.74) is 0. The van der Waals surface area contributed by atoms with Gasteiger partial charge in [0.2, 0.25) is 0 Å². The van der Waals surface area contributed by atoms with Gasteiger partial charge >= 0.3 is 0 Å². The van der Waals surface area contributed by atoms with Crippen molar-refractivity contribution >= 4 is 10.1 Å². The Hall–Kier alpha value is 0.389. The van der Waals surface area contributed by atoms with E-state index in [0.29, 0.717) is 12.9 Å². The van der Waals surface area contributed by atoms with Crippen molar-refractivity contribution in [3.8, 4) is 0 Å². The van der Waals surface area contributed by atoms with Gasteiger partial charge < -0.3 is 5.11 Å². The Morgan fingerprint density at radius 1 is 1.36 bits per heavy atom. The molecular formula is C5H14FeO4S. The van der Waals surface area contributed by atoms with E-state index in [-0.39, 0.29) is 17.1 Å². The summed E-state index contributed by atoms with van der Waals surface area (Å²) in [6, 6.07) is 0. The maximum Gasteiger partial charge on any atom is 0.261 e. The van der Waals surface area contributed by atoms with E-state index >= 15 is 0 Å². The van der Waals surface area contributed by atoms with Crippen LogP contribution in [0.2, 0.25) is 0 Å². The molecule has 0 unspecified atom stereocenters. The molecule has 0 aromatic carbocycles. The van der Waals surface area contributed by atoms with Crippen LogP contribution in [-0.4, -0.2) is 30.9 Å². The third-order valence-corrected chi connectivity index (χ3v) is 0.512. The van der Waals surface area contributed by atoms with E-state index in [0.717, 1.165) is 12.8 Å². The minimum atomic E-state index is -3.67. The van der Waals surface area contributed by atoms with E-state index in [9.17, 15) is 8.42 Å². The maximum atomic E-state index is 9.19. The van der Waals surface area contributed by atoms with Crippen molar-refractivity contribution in [2.75, 3.05) is 12.9 Å². The van der Waals surface area contributed by atoms with Gasteiger partial charge in [-0.05, 0) is 6.42 Å². The Bertz CT molecular complexity index is 133. The van der Waals surface area contributed by atoms with Crippen LogP contribution < -0.4 is 0 Å². The van der Waals surface area contributed by atoms with Crippen LogP contribution >= 0.6 is 0 Å². The number of unbranched alkanes of at least 4 members (excludes halogenated alkanes) is 1. The third kappa shape index (κ3) is 128. The first-order valence-electron chi connectivity index (χ1n) is 2.95. The van der Waals surface area contributed by atoms with Gasteiger partial charge in [0.15, 0.2) is 0 Å². The number of hydrogen-bond donors (Lipinski definition) is 2. The zero-order chi connectivity index (χ0) is 8.62. The molecule has 11 heavy (non-hydrogen) atoms. The molecule has 0 aliphatic carbocycles. The first-order valence-corrected chi connectivity index (χ1v) is 4.80. The van der Waals surface area contributed by atoms with Gasteiger partial charge in [0, 0.05) is 23.7 Å². The summed E-state index contributed by atoms with van der Waals surface area (Å²) < 4.78 is 25.9. The molecule has 0 aliphatic heterocycles. The van der Waals surface area contributed by atoms with Crippen LogP contribution in [0.15, 0.2) is 0 Å². The minimum absolute atomic E-state index is 0. The Morgan fingerprint density at radius 2 is 1.64 bits per heavy atom. The van der Waals surface area contributed by atoms with Crippen LogP contribution in [0.25, 0.3) is 0 Å². The fraction of sp³-hybridized carbons (Fsp3) is 1.00. The van der Waals surface area contributed by atoms with E-state index in [1.165, 1.54) is 0 Å². The molecule has 0 amide bonds. The van der Waals surface area contributed by atoms with Crippen LogP contribution in [-0.2, 0) is 27.2 Å². The van der Waals surface area contributed by atoms with E-state index in [1.807, 2.05) is 0 Å². The first kappa shape index (κ1) is 17.5. The van der Waals surface area contributed by atoms with Crippen LogP contribution in [0.3, 0.4) is 0 Å². The van der Waals surface area contributed by atoms with E-state index in [4.69, 9.17) is 9.66 Å². The number of aliphatic hydroxyl groups excluding tert-OH is 1. The van der Waals surface area contributed by atoms with Crippen LogP contribution in [0, 0.1) is 0 Å². The van der Waals surface area contributed by atoms with Gasteiger partial charge in [-0.15, -0.1) is 0 Å². The third-order valence-electron chi connectivity index (χ3n) is 0.512. The van der Waals surface area contributed by atoms with Crippen molar-refractivity contribution in [3.63, 3.8) is 0 Å². The predicted octanol–water partition coefficient (Wildman–Crippen LogP) is 0.280. The van der Waals surface area contributed by atoms with Gasteiger partial charge in [0.05, 0.1) is 6.26 Å². The second-order valence-corrected chi connectivity index (χ2v) is 3.28. The van der Waals surface area contributed by atoms with Crippen molar-refractivity contribution < 1.29 is 35.1 Å². The summed E-state index contributed by atoms with van der Waals surface area (Å²) in [5, 5.41) is 8.07. The summed E-state index contributed by atoms with van der Waals surface area (Å²) in [4.78, 5) is 0. The largest absolute Gasteiger partial charge is 0.396 e. The molecule has 4 nitrogen and oxygen atoms in total. The molecule has 0 bridgehead atoms. The number of hydrogen-bond acceptors (Lipinski definition) is 3. The minimum Gasteiger partial charge on any atom is -0.396 e. The summed E-state index contributed by atoms with van der Waals surface area (Å²) in [5.74, 6) is 0. The van der Waals surface area contributed by atoms with Crippen molar-refractivity contribution in [1.82, 2.24) is 0 Å². The molecule has 0 aromatic rings. The monoisotopic (exact) mass is 226 g/mol. The van der Waals surface area contributed by atoms with E-state index < -0.39 is 10.1 Å². The molecule has 0 spiro atoms. The van der Waals surface area contributed by atoms with Crippen molar-refractivity contribution in [2.24, 2.45) is 0 Å². The fourth-order valence-electron chi connectivity index (χ4n) is 0.158. The normalized spacial score (nSPS) is 9.09.